The van der Waals surface area contributed by atoms with Crippen LogP contribution >= 0.6 is 0 Å². The van der Waals surface area contributed by atoms with Crippen molar-refractivity contribution in [1.29, 1.82) is 0 Å². The van der Waals surface area contributed by atoms with Crippen LogP contribution in [-0.4, -0.2) is 65.3 Å². The molecule has 0 bridgehead atoms. The molecule has 16 heteroatoms. The third-order valence-electron chi connectivity index (χ3n) is 5.76. The second kappa shape index (κ2) is 11.6. The maximum Gasteiger partial charge on any atom is 0.522 e. The second-order valence-electron chi connectivity index (χ2n) is 8.55. The molecular weight excluding hydrogens is 558 g/mol. The van der Waals surface area contributed by atoms with E-state index in [9.17, 15) is 36.2 Å². The summed E-state index contributed by atoms with van der Waals surface area (Å²) in [5.74, 6) is -1.12. The van der Waals surface area contributed by atoms with Gasteiger partial charge in [0.15, 0.2) is 0 Å². The third kappa shape index (κ3) is 8.16. The normalized spacial score (nSPS) is 15.0. The van der Waals surface area contributed by atoms with E-state index in [-0.39, 0.29) is 18.2 Å². The maximum atomic E-state index is 12.3. The molecule has 3 N–H and O–H groups in total. The van der Waals surface area contributed by atoms with Crippen LogP contribution in [0.5, 0.6) is 5.75 Å². The van der Waals surface area contributed by atoms with Crippen LogP contribution in [0.1, 0.15) is 12.8 Å². The Bertz CT molecular complexity index is 1420. The molecule has 0 unspecified atom stereocenters. The van der Waals surface area contributed by atoms with Crippen LogP contribution in [0.15, 0.2) is 48.7 Å². The van der Waals surface area contributed by atoms with E-state index in [4.69, 9.17) is 13.0 Å². The number of aromatic nitrogens is 2. The van der Waals surface area contributed by atoms with Gasteiger partial charge in [0.05, 0.1) is 5.69 Å². The first-order chi connectivity index (χ1) is 18.0. The fourth-order valence-corrected chi connectivity index (χ4v) is 3.73. The fourth-order valence-electron chi connectivity index (χ4n) is 3.73. The standard InChI is InChI=1S/C22H21F3N4O2.CHF3O3S/c23-22(24,25)20(31)27-13-14-6-9-29(10-7-14)21-26-8-5-19(28-21)17-2-1-16-12-18(30)4-3-15(16)11-17;2-1(3,4)8(5,6)7/h1-5,8,11-12,14,30H,6-7,9-10,13H2,(H,27,31);(H,5,6,7). The van der Waals surface area contributed by atoms with Gasteiger partial charge in [-0.1, -0.05) is 18.2 Å². The number of halogens is 6. The van der Waals surface area contributed by atoms with Crippen LogP contribution in [-0.2, 0) is 14.9 Å². The van der Waals surface area contributed by atoms with E-state index < -0.39 is 27.7 Å². The number of phenolic OH excluding ortho intramolecular Hbond substituents is 1. The number of fused-ring (bicyclic) bond motifs is 1. The number of carbonyl (C=O) groups is 1. The van der Waals surface area contributed by atoms with Crippen molar-refractivity contribution < 1.29 is 49.2 Å². The number of hydrogen-bond acceptors (Lipinski definition) is 7. The molecule has 39 heavy (non-hydrogen) atoms. The van der Waals surface area contributed by atoms with E-state index >= 15 is 0 Å². The number of amides is 1. The molecule has 3 aromatic rings. The van der Waals surface area contributed by atoms with Crippen molar-refractivity contribution in [2.24, 2.45) is 5.92 Å². The van der Waals surface area contributed by atoms with Crippen molar-refractivity contribution in [1.82, 2.24) is 15.3 Å². The van der Waals surface area contributed by atoms with E-state index in [1.165, 1.54) is 0 Å². The molecule has 1 fully saturated rings. The molecule has 0 radical (unpaired) electrons. The van der Waals surface area contributed by atoms with Crippen LogP contribution in [0.2, 0.25) is 0 Å². The van der Waals surface area contributed by atoms with Gasteiger partial charge < -0.3 is 15.3 Å². The van der Waals surface area contributed by atoms with Gasteiger partial charge in [-0.25, -0.2) is 9.97 Å². The lowest BCUT2D eigenvalue weighted by molar-refractivity contribution is -0.173. The summed E-state index contributed by atoms with van der Waals surface area (Å²) in [5, 5.41) is 13.5. The van der Waals surface area contributed by atoms with Crippen molar-refractivity contribution in [2.45, 2.75) is 24.5 Å². The number of phenols is 1. The number of anilines is 1. The number of nitrogens with zero attached hydrogens (tertiary/aromatic N) is 3. The zero-order valence-corrected chi connectivity index (χ0v) is 20.7. The number of alkyl halides is 6. The van der Waals surface area contributed by atoms with Gasteiger partial charge in [-0.05, 0) is 53.8 Å². The van der Waals surface area contributed by atoms with E-state index in [0.717, 1.165) is 22.0 Å². The predicted octanol–water partition coefficient (Wildman–Crippen LogP) is 4.29. The topological polar surface area (TPSA) is 133 Å². The van der Waals surface area contributed by atoms with Gasteiger partial charge in [0, 0.05) is 31.4 Å². The monoisotopic (exact) mass is 580 g/mol. The zero-order valence-electron chi connectivity index (χ0n) is 19.9. The Kier molecular flexibility index (Phi) is 8.90. The van der Waals surface area contributed by atoms with Gasteiger partial charge in [-0.2, -0.15) is 34.8 Å². The highest BCUT2D eigenvalue weighted by Gasteiger charge is 2.44. The molecular formula is C23H22F6N4O5S. The van der Waals surface area contributed by atoms with Crippen LogP contribution in [0.3, 0.4) is 0 Å². The lowest BCUT2D eigenvalue weighted by Crippen LogP contribution is -2.43. The minimum Gasteiger partial charge on any atom is -0.508 e. The SMILES string of the molecule is O=C(NCC1CCN(c2nccc(-c3ccc4cc(O)ccc4c3)n2)CC1)C(F)(F)F.O=S(=O)(O)C(F)(F)F. The molecule has 0 atom stereocenters. The second-order valence-corrected chi connectivity index (χ2v) is 9.96. The highest BCUT2D eigenvalue weighted by atomic mass is 32.2. The smallest absolute Gasteiger partial charge is 0.508 e. The number of aromatic hydroxyl groups is 1. The molecule has 2 heterocycles. The van der Waals surface area contributed by atoms with Crippen LogP contribution in [0.4, 0.5) is 32.3 Å². The molecule has 0 spiro atoms. The Morgan fingerprint density at radius 3 is 2.18 bits per heavy atom. The van der Waals surface area contributed by atoms with Crippen LogP contribution in [0.25, 0.3) is 22.0 Å². The highest BCUT2D eigenvalue weighted by molar-refractivity contribution is 7.86. The number of rotatable bonds is 4. The van der Waals surface area contributed by atoms with Gasteiger partial charge in [-0.3, -0.25) is 9.35 Å². The summed E-state index contributed by atoms with van der Waals surface area (Å²) in [4.78, 5) is 22.0. The molecule has 1 amide bonds. The number of piperidine rings is 1. The Morgan fingerprint density at radius 1 is 1.00 bits per heavy atom. The summed E-state index contributed by atoms with van der Waals surface area (Å²) in [5.41, 5.74) is -3.85. The lowest BCUT2D eigenvalue weighted by atomic mass is 9.97. The van der Waals surface area contributed by atoms with Gasteiger partial charge in [0.2, 0.25) is 5.95 Å². The molecule has 1 aromatic heterocycles. The van der Waals surface area contributed by atoms with Crippen LogP contribution < -0.4 is 10.2 Å². The molecule has 2 aromatic carbocycles. The third-order valence-corrected chi connectivity index (χ3v) is 6.35. The molecule has 0 saturated carbocycles. The zero-order chi connectivity index (χ0) is 29.0. The lowest BCUT2D eigenvalue weighted by Gasteiger charge is -2.32. The van der Waals surface area contributed by atoms with Crippen LogP contribution in [0, 0.1) is 5.92 Å². The number of nitrogens with one attached hydrogen (secondary N) is 1. The van der Waals surface area contributed by atoms with E-state index in [1.807, 2.05) is 40.5 Å². The number of benzene rings is 2. The molecule has 212 valence electrons. The largest absolute Gasteiger partial charge is 0.522 e. The van der Waals surface area contributed by atoms with E-state index in [2.05, 4.69) is 9.97 Å². The average molecular weight is 581 g/mol. The first-order valence-electron chi connectivity index (χ1n) is 11.2. The van der Waals surface area contributed by atoms with Crippen molar-refractivity contribution in [2.75, 3.05) is 24.5 Å². The van der Waals surface area contributed by atoms with Crippen molar-refractivity contribution >= 4 is 32.7 Å². The van der Waals surface area contributed by atoms with Crippen molar-refractivity contribution in [3.63, 3.8) is 0 Å². The Balaban J connectivity index is 0.000000459. The van der Waals surface area contributed by atoms with Crippen molar-refractivity contribution in [3.05, 3.63) is 48.7 Å². The number of hydrogen-bond donors (Lipinski definition) is 3. The average Bonchev–Trinajstić information content (AvgIpc) is 2.86. The Morgan fingerprint density at radius 2 is 1.59 bits per heavy atom. The highest BCUT2D eigenvalue weighted by Crippen LogP contribution is 2.27. The molecule has 9 nitrogen and oxygen atoms in total. The summed E-state index contributed by atoms with van der Waals surface area (Å²) < 4.78 is 94.5. The summed E-state index contributed by atoms with van der Waals surface area (Å²) in [6, 6.07) is 12.9. The summed E-state index contributed by atoms with van der Waals surface area (Å²) in [6.45, 7) is 1.22. The van der Waals surface area contributed by atoms with E-state index in [0.29, 0.717) is 31.9 Å². The van der Waals surface area contributed by atoms with E-state index in [1.54, 1.807) is 18.3 Å². The molecule has 1 saturated heterocycles. The first kappa shape index (κ1) is 29.9. The minimum atomic E-state index is -5.84. The van der Waals surface area contributed by atoms with Gasteiger partial charge >= 0.3 is 27.7 Å². The Hall–Kier alpha value is -3.66. The maximum absolute atomic E-state index is 12.3. The quantitative estimate of drug-likeness (QED) is 0.237. The molecule has 1 aliphatic heterocycles. The molecule has 0 aliphatic carbocycles. The summed E-state index contributed by atoms with van der Waals surface area (Å²) in [6.07, 6.45) is -1.87. The van der Waals surface area contributed by atoms with Gasteiger partial charge in [0.25, 0.3) is 0 Å². The molecule has 1 aliphatic rings. The minimum absolute atomic E-state index is 0.0114. The fraction of sp³-hybridized carbons (Fsp3) is 0.348. The Labute approximate surface area is 218 Å². The molecule has 4 rings (SSSR count). The van der Waals surface area contributed by atoms with Gasteiger partial charge in [0.1, 0.15) is 5.75 Å². The summed E-state index contributed by atoms with van der Waals surface area (Å²) in [7, 11) is -5.84. The first-order valence-corrected chi connectivity index (χ1v) is 12.7. The predicted molar refractivity (Wildman–Crippen MR) is 128 cm³/mol. The van der Waals surface area contributed by atoms with Crippen molar-refractivity contribution in [3.8, 4) is 17.0 Å². The van der Waals surface area contributed by atoms with Gasteiger partial charge in [-0.15, -0.1) is 0 Å². The summed E-state index contributed by atoms with van der Waals surface area (Å²) >= 11 is 0. The number of carbonyl (C=O) groups excluding carboxylic acids is 1.